The minimum atomic E-state index is -0.700. The van der Waals surface area contributed by atoms with Gasteiger partial charge >= 0.3 is 11.8 Å². The van der Waals surface area contributed by atoms with Crippen LogP contribution in [0.3, 0.4) is 0 Å². The molecule has 0 saturated carbocycles. The summed E-state index contributed by atoms with van der Waals surface area (Å²) in [4.78, 5) is 34.6. The molecule has 0 saturated heterocycles. The second-order valence-corrected chi connectivity index (χ2v) is 6.06. The van der Waals surface area contributed by atoms with Gasteiger partial charge in [0, 0.05) is 24.3 Å². The summed E-state index contributed by atoms with van der Waals surface area (Å²) in [6, 6.07) is 6.51. The summed E-state index contributed by atoms with van der Waals surface area (Å²) in [5.41, 5.74) is 1.12. The normalized spacial score (nSPS) is 11.7. The van der Waals surface area contributed by atoms with Crippen molar-refractivity contribution in [3.63, 3.8) is 0 Å². The number of carbonyl (C=O) groups excluding carboxylic acids is 3. The summed E-state index contributed by atoms with van der Waals surface area (Å²) >= 11 is 0. The van der Waals surface area contributed by atoms with Gasteiger partial charge in [-0.3, -0.25) is 14.4 Å². The van der Waals surface area contributed by atoms with Crippen LogP contribution in [0.15, 0.2) is 24.3 Å². The number of carbonyl (C=O) groups is 3. The highest BCUT2D eigenvalue weighted by Gasteiger charge is 2.16. The molecule has 6 nitrogen and oxygen atoms in total. The van der Waals surface area contributed by atoms with Crippen molar-refractivity contribution < 1.29 is 14.4 Å². The van der Waals surface area contributed by atoms with E-state index in [-0.39, 0.29) is 11.9 Å². The first-order valence-corrected chi connectivity index (χ1v) is 7.77. The summed E-state index contributed by atoms with van der Waals surface area (Å²) in [5, 5.41) is 7.84. The number of nitrogens with one attached hydrogen (secondary N) is 3. The number of anilines is 2. The van der Waals surface area contributed by atoms with Gasteiger partial charge in [-0.25, -0.2) is 0 Å². The fourth-order valence-electron chi connectivity index (χ4n) is 1.97. The highest BCUT2D eigenvalue weighted by molar-refractivity contribution is 6.39. The van der Waals surface area contributed by atoms with Crippen molar-refractivity contribution in [1.29, 1.82) is 0 Å². The molecule has 0 aliphatic carbocycles. The molecular formula is C17H25N3O3. The molecular weight excluding hydrogens is 294 g/mol. The molecule has 1 atom stereocenters. The number of amides is 3. The lowest BCUT2D eigenvalue weighted by Crippen LogP contribution is -2.40. The molecule has 1 aromatic rings. The van der Waals surface area contributed by atoms with Gasteiger partial charge in [0.1, 0.15) is 0 Å². The van der Waals surface area contributed by atoms with Crippen LogP contribution in [0, 0.1) is 5.92 Å². The zero-order valence-electron chi connectivity index (χ0n) is 14.1. The Morgan fingerprint density at radius 3 is 1.87 bits per heavy atom. The fourth-order valence-corrected chi connectivity index (χ4v) is 1.97. The third-order valence-corrected chi connectivity index (χ3v) is 3.22. The van der Waals surface area contributed by atoms with E-state index >= 15 is 0 Å². The largest absolute Gasteiger partial charge is 0.345 e. The van der Waals surface area contributed by atoms with Gasteiger partial charge in [-0.2, -0.15) is 0 Å². The van der Waals surface area contributed by atoms with Crippen LogP contribution < -0.4 is 16.0 Å². The highest BCUT2D eigenvalue weighted by atomic mass is 16.2. The fraction of sp³-hybridized carbons (Fsp3) is 0.471. The van der Waals surface area contributed by atoms with Crippen LogP contribution in [0.2, 0.25) is 0 Å². The van der Waals surface area contributed by atoms with E-state index in [2.05, 4.69) is 29.8 Å². The quantitative estimate of drug-likeness (QED) is 0.704. The Labute approximate surface area is 137 Å². The van der Waals surface area contributed by atoms with Crippen LogP contribution >= 0.6 is 0 Å². The maximum atomic E-state index is 11.9. The van der Waals surface area contributed by atoms with Crippen LogP contribution in [0.25, 0.3) is 0 Å². The van der Waals surface area contributed by atoms with Gasteiger partial charge in [0.2, 0.25) is 5.91 Å². The first-order chi connectivity index (χ1) is 10.8. The van der Waals surface area contributed by atoms with Crippen molar-refractivity contribution in [2.24, 2.45) is 5.92 Å². The monoisotopic (exact) mass is 319 g/mol. The Kier molecular flexibility index (Phi) is 7.25. The zero-order valence-corrected chi connectivity index (χ0v) is 14.1. The number of hydrogen-bond acceptors (Lipinski definition) is 3. The van der Waals surface area contributed by atoms with Crippen molar-refractivity contribution in [1.82, 2.24) is 5.32 Å². The Bertz CT molecular complexity index is 553. The Balaban J connectivity index is 2.48. The molecule has 0 aliphatic heterocycles. The summed E-state index contributed by atoms with van der Waals surface area (Å²) in [7, 11) is 0. The highest BCUT2D eigenvalue weighted by Crippen LogP contribution is 2.13. The van der Waals surface area contributed by atoms with Crippen LogP contribution in [0.4, 0.5) is 11.4 Å². The summed E-state index contributed by atoms with van der Waals surface area (Å²) < 4.78 is 0. The van der Waals surface area contributed by atoms with Crippen molar-refractivity contribution >= 4 is 29.1 Å². The topological polar surface area (TPSA) is 87.3 Å². The molecule has 3 amide bonds. The van der Waals surface area contributed by atoms with Crippen LogP contribution in [0.1, 0.15) is 40.5 Å². The predicted molar refractivity (Wildman–Crippen MR) is 91.1 cm³/mol. The van der Waals surface area contributed by atoms with E-state index in [1.165, 1.54) is 6.92 Å². The molecule has 1 aromatic carbocycles. The lowest BCUT2D eigenvalue weighted by atomic mass is 10.0. The van der Waals surface area contributed by atoms with Gasteiger partial charge in [-0.05, 0) is 49.9 Å². The maximum absolute atomic E-state index is 11.9. The molecule has 0 spiro atoms. The molecule has 0 aliphatic rings. The molecule has 0 fully saturated rings. The molecule has 0 aromatic heterocycles. The molecule has 1 rings (SSSR count). The average molecular weight is 319 g/mol. The van der Waals surface area contributed by atoms with E-state index in [1.54, 1.807) is 24.3 Å². The second-order valence-electron chi connectivity index (χ2n) is 6.06. The van der Waals surface area contributed by atoms with Gasteiger partial charge in [0.25, 0.3) is 0 Å². The summed E-state index contributed by atoms with van der Waals surface area (Å²) in [5.74, 6) is -0.956. The molecule has 23 heavy (non-hydrogen) atoms. The van der Waals surface area contributed by atoms with Crippen molar-refractivity contribution in [2.45, 2.75) is 46.6 Å². The van der Waals surface area contributed by atoms with Crippen LogP contribution in [-0.4, -0.2) is 23.8 Å². The Hall–Kier alpha value is -2.37. The summed E-state index contributed by atoms with van der Waals surface area (Å²) in [6.45, 7) is 7.54. The Morgan fingerprint density at radius 1 is 0.870 bits per heavy atom. The van der Waals surface area contributed by atoms with Gasteiger partial charge in [-0.1, -0.05) is 13.8 Å². The van der Waals surface area contributed by atoms with Crippen LogP contribution in [-0.2, 0) is 14.4 Å². The third kappa shape index (κ3) is 7.44. The van der Waals surface area contributed by atoms with E-state index in [1.807, 2.05) is 6.92 Å². The molecule has 1 unspecified atom stereocenters. The lowest BCUT2D eigenvalue weighted by Gasteiger charge is -2.14. The molecule has 0 heterocycles. The predicted octanol–water partition coefficient (Wildman–Crippen LogP) is 2.52. The standard InChI is InChI=1S/C17H25N3O3/c1-11(2)5-6-12(3)18-16(22)17(23)20-15-9-7-14(8-10-15)19-13(4)21/h7-12H,5-6H2,1-4H3,(H,18,22)(H,19,21)(H,20,23). The Morgan fingerprint density at radius 2 is 1.39 bits per heavy atom. The molecule has 0 bridgehead atoms. The number of benzene rings is 1. The van der Waals surface area contributed by atoms with Gasteiger partial charge in [-0.15, -0.1) is 0 Å². The van der Waals surface area contributed by atoms with Gasteiger partial charge in [0.05, 0.1) is 0 Å². The first kappa shape index (κ1) is 18.7. The minimum Gasteiger partial charge on any atom is -0.345 e. The lowest BCUT2D eigenvalue weighted by molar-refractivity contribution is -0.136. The number of rotatable bonds is 6. The zero-order chi connectivity index (χ0) is 17.4. The molecule has 6 heteroatoms. The first-order valence-electron chi connectivity index (χ1n) is 7.77. The number of hydrogen-bond donors (Lipinski definition) is 3. The van der Waals surface area contributed by atoms with E-state index in [4.69, 9.17) is 0 Å². The molecule has 126 valence electrons. The molecule has 0 radical (unpaired) electrons. The summed E-state index contributed by atoms with van der Waals surface area (Å²) in [6.07, 6.45) is 1.83. The van der Waals surface area contributed by atoms with Gasteiger partial charge < -0.3 is 16.0 Å². The molecule has 3 N–H and O–H groups in total. The van der Waals surface area contributed by atoms with Crippen molar-refractivity contribution in [3.8, 4) is 0 Å². The van der Waals surface area contributed by atoms with Crippen molar-refractivity contribution in [3.05, 3.63) is 24.3 Å². The SMILES string of the molecule is CC(=O)Nc1ccc(NC(=O)C(=O)NC(C)CCC(C)C)cc1. The van der Waals surface area contributed by atoms with E-state index in [9.17, 15) is 14.4 Å². The van der Waals surface area contributed by atoms with E-state index in [0.717, 1.165) is 12.8 Å². The second kappa shape index (κ2) is 8.92. The van der Waals surface area contributed by atoms with Crippen molar-refractivity contribution in [2.75, 3.05) is 10.6 Å². The minimum absolute atomic E-state index is 0.0437. The smallest absolute Gasteiger partial charge is 0.313 e. The van der Waals surface area contributed by atoms with E-state index in [0.29, 0.717) is 17.3 Å². The maximum Gasteiger partial charge on any atom is 0.313 e. The van der Waals surface area contributed by atoms with Gasteiger partial charge in [0.15, 0.2) is 0 Å². The third-order valence-electron chi connectivity index (χ3n) is 3.22. The van der Waals surface area contributed by atoms with E-state index < -0.39 is 11.8 Å². The van der Waals surface area contributed by atoms with Crippen LogP contribution in [0.5, 0.6) is 0 Å². The average Bonchev–Trinajstić information content (AvgIpc) is 2.46.